The Hall–Kier alpha value is -1.06. The van der Waals surface area contributed by atoms with Crippen LogP contribution >= 0.6 is 12.4 Å². The van der Waals surface area contributed by atoms with Crippen LogP contribution in [0.25, 0.3) is 0 Å². The van der Waals surface area contributed by atoms with Crippen LogP contribution in [0.1, 0.15) is 44.1 Å². The van der Waals surface area contributed by atoms with Gasteiger partial charge in [0.1, 0.15) is 11.5 Å². The van der Waals surface area contributed by atoms with Crippen LogP contribution in [0.5, 0.6) is 5.75 Å². The Morgan fingerprint density at radius 3 is 2.88 bits per heavy atom. The van der Waals surface area contributed by atoms with Crippen LogP contribution in [0.2, 0.25) is 0 Å². The van der Waals surface area contributed by atoms with Crippen LogP contribution in [0.4, 0.5) is 0 Å². The summed E-state index contributed by atoms with van der Waals surface area (Å²) in [5.74, 6) is 2.91. The summed E-state index contributed by atoms with van der Waals surface area (Å²) in [5, 5.41) is 0. The van der Waals surface area contributed by atoms with Gasteiger partial charge in [-0.05, 0) is 61.8 Å². The number of likely N-dealkylation sites (tertiary alicyclic amines) is 1. The zero-order valence-electron chi connectivity index (χ0n) is 14.5. The number of fused-ring (bicyclic) bond motifs is 1. The van der Waals surface area contributed by atoms with E-state index >= 15 is 0 Å². The monoisotopic (exact) mass is 349 g/mol. The second-order valence-corrected chi connectivity index (χ2v) is 7.79. The normalized spacial score (nSPS) is 30.4. The molecule has 0 radical (unpaired) electrons. The molecule has 1 aromatic rings. The predicted molar refractivity (Wildman–Crippen MR) is 98.0 cm³/mol. The minimum absolute atomic E-state index is 0. The minimum Gasteiger partial charge on any atom is -0.497 e. The van der Waals surface area contributed by atoms with Crippen LogP contribution in [0, 0.1) is 11.8 Å². The fourth-order valence-electron chi connectivity index (χ4n) is 4.76. The molecule has 2 atom stereocenters. The van der Waals surface area contributed by atoms with Gasteiger partial charge >= 0.3 is 0 Å². The highest BCUT2D eigenvalue weighted by atomic mass is 35.5. The van der Waals surface area contributed by atoms with Crippen LogP contribution in [-0.4, -0.2) is 37.4 Å². The van der Waals surface area contributed by atoms with Crippen LogP contribution in [0.3, 0.4) is 0 Å². The van der Waals surface area contributed by atoms with Crippen molar-refractivity contribution in [3.63, 3.8) is 0 Å². The van der Waals surface area contributed by atoms with Gasteiger partial charge in [0.15, 0.2) is 0 Å². The topological polar surface area (TPSA) is 29.5 Å². The molecule has 0 bridgehead atoms. The molecule has 1 heterocycles. The average molecular weight is 350 g/mol. The van der Waals surface area contributed by atoms with Gasteiger partial charge < -0.3 is 9.64 Å². The van der Waals surface area contributed by atoms with Gasteiger partial charge in [0.25, 0.3) is 0 Å². The van der Waals surface area contributed by atoms with Gasteiger partial charge in [-0.1, -0.05) is 12.1 Å². The summed E-state index contributed by atoms with van der Waals surface area (Å²) in [4.78, 5) is 14.9. The van der Waals surface area contributed by atoms with Gasteiger partial charge in [0.05, 0.1) is 7.11 Å². The van der Waals surface area contributed by atoms with Gasteiger partial charge in [-0.25, -0.2) is 0 Å². The number of ether oxygens (including phenoxy) is 1. The maximum atomic E-state index is 12.3. The first kappa shape index (κ1) is 17.8. The molecule has 2 saturated carbocycles. The first-order chi connectivity index (χ1) is 11.2. The van der Waals surface area contributed by atoms with Gasteiger partial charge in [0.2, 0.25) is 0 Å². The first-order valence-electron chi connectivity index (χ1n) is 9.08. The standard InChI is InChI=1S/C20H27NO2.ClH/c1-23-19-4-2-3-16(11-19)20-9-10-21(13-15-5-6-15)14-17(20)7-8-18(22)12-20;/h2-4,11,15,17H,5-10,12-14H2,1H3;1H/t17-,20+;/m1./s1. The maximum Gasteiger partial charge on any atom is 0.133 e. The summed E-state index contributed by atoms with van der Waals surface area (Å²) in [5.41, 5.74) is 1.37. The zero-order chi connectivity index (χ0) is 15.9. The minimum atomic E-state index is 0. The molecule has 2 aliphatic carbocycles. The molecule has 0 N–H and O–H groups in total. The highest BCUT2D eigenvalue weighted by molar-refractivity contribution is 5.85. The number of carbonyl (C=O) groups is 1. The van der Waals surface area contributed by atoms with E-state index in [9.17, 15) is 4.79 Å². The molecule has 1 saturated heterocycles. The van der Waals surface area contributed by atoms with Crippen molar-refractivity contribution in [2.24, 2.45) is 11.8 Å². The highest BCUT2D eigenvalue weighted by Crippen LogP contribution is 2.49. The Labute approximate surface area is 151 Å². The van der Waals surface area contributed by atoms with Crippen molar-refractivity contribution in [2.75, 3.05) is 26.7 Å². The molecule has 3 fully saturated rings. The SMILES string of the molecule is COc1cccc([C@@]23CCN(CC4CC4)C[C@H]2CCC(=O)C3)c1.Cl. The number of hydrogen-bond acceptors (Lipinski definition) is 3. The van der Waals surface area contributed by atoms with E-state index in [1.807, 2.05) is 6.07 Å². The number of ketones is 1. The molecule has 132 valence electrons. The highest BCUT2D eigenvalue weighted by Gasteiger charge is 2.48. The summed E-state index contributed by atoms with van der Waals surface area (Å²) in [7, 11) is 1.72. The van der Waals surface area contributed by atoms with E-state index in [1.165, 1.54) is 31.5 Å². The Morgan fingerprint density at radius 2 is 2.12 bits per heavy atom. The third-order valence-electron chi connectivity index (χ3n) is 6.28. The second-order valence-electron chi connectivity index (χ2n) is 7.79. The number of benzene rings is 1. The Balaban J connectivity index is 0.00000169. The third kappa shape index (κ3) is 3.34. The van der Waals surface area contributed by atoms with E-state index in [-0.39, 0.29) is 17.8 Å². The predicted octanol–water partition coefficient (Wildman–Crippen LogP) is 3.84. The number of methoxy groups -OCH3 is 1. The maximum absolute atomic E-state index is 12.3. The molecular weight excluding hydrogens is 322 g/mol. The summed E-state index contributed by atoms with van der Waals surface area (Å²) >= 11 is 0. The number of hydrogen-bond donors (Lipinski definition) is 0. The third-order valence-corrected chi connectivity index (χ3v) is 6.28. The molecule has 3 aliphatic rings. The van der Waals surface area contributed by atoms with Crippen molar-refractivity contribution in [3.05, 3.63) is 29.8 Å². The van der Waals surface area contributed by atoms with Crippen molar-refractivity contribution in [3.8, 4) is 5.75 Å². The average Bonchev–Trinajstić information content (AvgIpc) is 3.39. The largest absolute Gasteiger partial charge is 0.497 e. The summed E-state index contributed by atoms with van der Waals surface area (Å²) in [6.45, 7) is 3.58. The van der Waals surface area contributed by atoms with Gasteiger partial charge in [-0.15, -0.1) is 12.4 Å². The van der Waals surface area contributed by atoms with Crippen LogP contribution in [0.15, 0.2) is 24.3 Å². The number of nitrogens with zero attached hydrogens (tertiary/aromatic N) is 1. The fourth-order valence-corrected chi connectivity index (χ4v) is 4.76. The van der Waals surface area contributed by atoms with Gasteiger partial charge in [-0.2, -0.15) is 0 Å². The lowest BCUT2D eigenvalue weighted by atomic mass is 9.59. The molecular formula is C20H28ClNO2. The van der Waals surface area contributed by atoms with E-state index < -0.39 is 0 Å². The molecule has 4 heteroatoms. The number of carbonyl (C=O) groups excluding carboxylic acids is 1. The summed E-state index contributed by atoms with van der Waals surface area (Å²) < 4.78 is 5.44. The van der Waals surface area contributed by atoms with Crippen LogP contribution in [-0.2, 0) is 10.2 Å². The first-order valence-corrected chi connectivity index (χ1v) is 9.08. The van der Waals surface area contributed by atoms with E-state index in [2.05, 4.69) is 23.1 Å². The lowest BCUT2D eigenvalue weighted by Crippen LogP contribution is -2.53. The van der Waals surface area contributed by atoms with Crippen molar-refractivity contribution in [1.29, 1.82) is 0 Å². The molecule has 1 aliphatic heterocycles. The lowest BCUT2D eigenvalue weighted by molar-refractivity contribution is -0.125. The molecule has 0 spiro atoms. The van der Waals surface area contributed by atoms with E-state index in [0.29, 0.717) is 11.7 Å². The van der Waals surface area contributed by atoms with Crippen LogP contribution < -0.4 is 4.74 Å². The molecule has 1 aromatic carbocycles. The number of rotatable bonds is 4. The molecule has 0 amide bonds. The molecule has 24 heavy (non-hydrogen) atoms. The number of piperidine rings is 1. The molecule has 0 aromatic heterocycles. The van der Waals surface area contributed by atoms with Gasteiger partial charge in [0, 0.05) is 31.3 Å². The van der Waals surface area contributed by atoms with Crippen molar-refractivity contribution in [2.45, 2.75) is 43.9 Å². The molecule has 4 rings (SSSR count). The molecule has 0 unspecified atom stereocenters. The molecule has 3 nitrogen and oxygen atoms in total. The Morgan fingerprint density at radius 1 is 1.29 bits per heavy atom. The van der Waals surface area contributed by atoms with Crippen molar-refractivity contribution in [1.82, 2.24) is 4.90 Å². The number of Topliss-reactive ketones (excluding diaryl/α,β-unsaturated/α-hetero) is 1. The lowest BCUT2D eigenvalue weighted by Gasteiger charge is -2.50. The van der Waals surface area contributed by atoms with E-state index in [0.717, 1.165) is 43.9 Å². The van der Waals surface area contributed by atoms with E-state index in [4.69, 9.17) is 4.74 Å². The quantitative estimate of drug-likeness (QED) is 0.827. The second kappa shape index (κ2) is 7.05. The Bertz CT molecular complexity index is 601. The van der Waals surface area contributed by atoms with E-state index in [1.54, 1.807) is 7.11 Å². The van der Waals surface area contributed by atoms with Crippen molar-refractivity contribution >= 4 is 18.2 Å². The Kier molecular flexibility index (Phi) is 5.22. The number of halogens is 1. The summed E-state index contributed by atoms with van der Waals surface area (Å²) in [6.07, 6.45) is 6.50. The fraction of sp³-hybridized carbons (Fsp3) is 0.650. The smallest absolute Gasteiger partial charge is 0.133 e. The van der Waals surface area contributed by atoms with Gasteiger partial charge in [-0.3, -0.25) is 4.79 Å². The van der Waals surface area contributed by atoms with Crippen molar-refractivity contribution < 1.29 is 9.53 Å². The zero-order valence-corrected chi connectivity index (χ0v) is 15.3. The summed E-state index contributed by atoms with van der Waals surface area (Å²) in [6, 6.07) is 8.46.